The van der Waals surface area contributed by atoms with Crippen molar-refractivity contribution in [1.82, 2.24) is 20.8 Å². The summed E-state index contributed by atoms with van der Waals surface area (Å²) in [5, 5.41) is 13.4. The summed E-state index contributed by atoms with van der Waals surface area (Å²) < 4.78 is 5.31. The molecule has 1 saturated heterocycles. The number of nitrogens with zero attached hydrogens (tertiary/aromatic N) is 1. The summed E-state index contributed by atoms with van der Waals surface area (Å²) in [6.07, 6.45) is 2.97. The van der Waals surface area contributed by atoms with Crippen LogP contribution < -0.4 is 10.6 Å². The SMILES string of the molecule is O=C(NCC1CCOCC1)c1n[nH]c2c1CNCC2. The largest absolute Gasteiger partial charge is 0.381 e. The predicted octanol–water partition coefficient (Wildman–Crippen LogP) is 0.212. The minimum Gasteiger partial charge on any atom is -0.381 e. The van der Waals surface area contributed by atoms with Gasteiger partial charge in [0.2, 0.25) is 0 Å². The van der Waals surface area contributed by atoms with Gasteiger partial charge < -0.3 is 15.4 Å². The van der Waals surface area contributed by atoms with Gasteiger partial charge in [0.15, 0.2) is 5.69 Å². The average molecular weight is 264 g/mol. The summed E-state index contributed by atoms with van der Waals surface area (Å²) >= 11 is 0. The van der Waals surface area contributed by atoms with E-state index in [0.29, 0.717) is 11.6 Å². The zero-order chi connectivity index (χ0) is 13.1. The fourth-order valence-electron chi connectivity index (χ4n) is 2.68. The fourth-order valence-corrected chi connectivity index (χ4v) is 2.68. The van der Waals surface area contributed by atoms with Crippen molar-refractivity contribution in [2.24, 2.45) is 5.92 Å². The fraction of sp³-hybridized carbons (Fsp3) is 0.692. The van der Waals surface area contributed by atoms with E-state index in [2.05, 4.69) is 20.8 Å². The summed E-state index contributed by atoms with van der Waals surface area (Å²) in [5.74, 6) is 0.471. The molecule has 6 heteroatoms. The molecule has 0 aliphatic carbocycles. The Morgan fingerprint density at radius 1 is 1.42 bits per heavy atom. The highest BCUT2D eigenvalue weighted by Crippen LogP contribution is 2.16. The van der Waals surface area contributed by atoms with Crippen LogP contribution in [0.2, 0.25) is 0 Å². The van der Waals surface area contributed by atoms with E-state index in [1.54, 1.807) is 0 Å². The van der Waals surface area contributed by atoms with Gasteiger partial charge in [-0.15, -0.1) is 0 Å². The van der Waals surface area contributed by atoms with Gasteiger partial charge in [-0.05, 0) is 18.8 Å². The highest BCUT2D eigenvalue weighted by molar-refractivity contribution is 5.94. The van der Waals surface area contributed by atoms with Crippen LogP contribution in [0.1, 0.15) is 34.6 Å². The third kappa shape index (κ3) is 2.79. The van der Waals surface area contributed by atoms with Crippen LogP contribution in [0.3, 0.4) is 0 Å². The summed E-state index contributed by atoms with van der Waals surface area (Å²) in [7, 11) is 0. The molecule has 0 aromatic carbocycles. The first-order chi connectivity index (χ1) is 9.34. The Morgan fingerprint density at radius 2 is 2.26 bits per heavy atom. The zero-order valence-electron chi connectivity index (χ0n) is 11.0. The molecule has 0 radical (unpaired) electrons. The van der Waals surface area contributed by atoms with E-state index in [0.717, 1.165) is 63.4 Å². The van der Waals surface area contributed by atoms with Gasteiger partial charge in [-0.2, -0.15) is 5.10 Å². The number of ether oxygens (including phenoxy) is 1. The molecule has 3 N–H and O–H groups in total. The van der Waals surface area contributed by atoms with Gasteiger partial charge in [0.05, 0.1) is 0 Å². The molecule has 6 nitrogen and oxygen atoms in total. The lowest BCUT2D eigenvalue weighted by Gasteiger charge is -2.22. The maximum Gasteiger partial charge on any atom is 0.272 e. The molecule has 0 saturated carbocycles. The number of aromatic amines is 1. The lowest BCUT2D eigenvalue weighted by molar-refractivity contribution is 0.0642. The van der Waals surface area contributed by atoms with E-state index in [1.165, 1.54) is 0 Å². The molecule has 1 aromatic heterocycles. The lowest BCUT2D eigenvalue weighted by atomic mass is 10.0. The molecule has 19 heavy (non-hydrogen) atoms. The smallest absolute Gasteiger partial charge is 0.272 e. The van der Waals surface area contributed by atoms with E-state index >= 15 is 0 Å². The number of H-pyrrole nitrogens is 1. The summed E-state index contributed by atoms with van der Waals surface area (Å²) in [4.78, 5) is 12.2. The summed E-state index contributed by atoms with van der Waals surface area (Å²) in [6.45, 7) is 4.01. The standard InChI is InChI=1S/C13H20N4O2/c18-13(15-7-9-2-5-19-6-3-9)12-10-8-14-4-1-11(10)16-17-12/h9,14H,1-8H2,(H,15,18)(H,16,17). The predicted molar refractivity (Wildman–Crippen MR) is 69.9 cm³/mol. The molecule has 0 spiro atoms. The van der Waals surface area contributed by atoms with E-state index in [4.69, 9.17) is 4.74 Å². The molecule has 1 aromatic rings. The number of fused-ring (bicyclic) bond motifs is 1. The van der Waals surface area contributed by atoms with Crippen LogP contribution in [-0.4, -0.2) is 42.4 Å². The number of amides is 1. The maximum absolute atomic E-state index is 12.2. The van der Waals surface area contributed by atoms with Crippen LogP contribution in [0, 0.1) is 5.92 Å². The van der Waals surface area contributed by atoms with Crippen molar-refractivity contribution in [3.8, 4) is 0 Å². The van der Waals surface area contributed by atoms with Crippen molar-refractivity contribution in [1.29, 1.82) is 0 Å². The summed E-state index contributed by atoms with van der Waals surface area (Å²) in [5.41, 5.74) is 2.67. The minimum absolute atomic E-state index is 0.0623. The number of aromatic nitrogens is 2. The Morgan fingerprint density at radius 3 is 3.11 bits per heavy atom. The first-order valence-corrected chi connectivity index (χ1v) is 6.97. The average Bonchev–Trinajstić information content (AvgIpc) is 2.90. The van der Waals surface area contributed by atoms with Crippen molar-refractivity contribution in [2.45, 2.75) is 25.8 Å². The topological polar surface area (TPSA) is 79.0 Å². The molecule has 2 aliphatic rings. The van der Waals surface area contributed by atoms with Crippen molar-refractivity contribution < 1.29 is 9.53 Å². The molecule has 1 fully saturated rings. The van der Waals surface area contributed by atoms with Gasteiger partial charge in [0.25, 0.3) is 5.91 Å². The van der Waals surface area contributed by atoms with Gasteiger partial charge in [0, 0.05) is 50.5 Å². The molecule has 3 rings (SSSR count). The molecular weight excluding hydrogens is 244 g/mol. The van der Waals surface area contributed by atoms with Crippen molar-refractivity contribution in [3.63, 3.8) is 0 Å². The molecule has 3 heterocycles. The Kier molecular flexibility index (Phi) is 3.79. The third-order valence-electron chi connectivity index (χ3n) is 3.91. The van der Waals surface area contributed by atoms with Crippen molar-refractivity contribution in [2.75, 3.05) is 26.3 Å². The van der Waals surface area contributed by atoms with Crippen LogP contribution in [0.5, 0.6) is 0 Å². The number of nitrogens with one attached hydrogen (secondary N) is 3. The Hall–Kier alpha value is -1.40. The molecule has 104 valence electrons. The number of hydrogen-bond donors (Lipinski definition) is 3. The highest BCUT2D eigenvalue weighted by atomic mass is 16.5. The van der Waals surface area contributed by atoms with Crippen LogP contribution in [0.15, 0.2) is 0 Å². The molecule has 0 atom stereocenters. The number of carbonyl (C=O) groups is 1. The first-order valence-electron chi connectivity index (χ1n) is 6.97. The first kappa shape index (κ1) is 12.6. The van der Waals surface area contributed by atoms with Crippen LogP contribution >= 0.6 is 0 Å². The second-order valence-electron chi connectivity index (χ2n) is 5.22. The Balaban J connectivity index is 1.59. The zero-order valence-corrected chi connectivity index (χ0v) is 11.0. The van der Waals surface area contributed by atoms with Gasteiger partial charge in [-0.3, -0.25) is 9.89 Å². The Labute approximate surface area is 112 Å². The molecule has 0 bridgehead atoms. The number of rotatable bonds is 3. The highest BCUT2D eigenvalue weighted by Gasteiger charge is 2.22. The van der Waals surface area contributed by atoms with Gasteiger partial charge in [0.1, 0.15) is 0 Å². The van der Waals surface area contributed by atoms with Crippen molar-refractivity contribution in [3.05, 3.63) is 17.0 Å². The maximum atomic E-state index is 12.2. The van der Waals surface area contributed by atoms with Crippen LogP contribution in [0.25, 0.3) is 0 Å². The number of carbonyl (C=O) groups excluding carboxylic acids is 1. The van der Waals surface area contributed by atoms with Crippen LogP contribution in [0.4, 0.5) is 0 Å². The van der Waals surface area contributed by atoms with E-state index < -0.39 is 0 Å². The molecule has 0 unspecified atom stereocenters. The van der Waals surface area contributed by atoms with E-state index in [9.17, 15) is 4.79 Å². The third-order valence-corrected chi connectivity index (χ3v) is 3.91. The van der Waals surface area contributed by atoms with Crippen molar-refractivity contribution >= 4 is 5.91 Å². The monoisotopic (exact) mass is 264 g/mol. The summed E-state index contributed by atoms with van der Waals surface area (Å²) in [6, 6.07) is 0. The van der Waals surface area contributed by atoms with E-state index in [-0.39, 0.29) is 5.91 Å². The quantitative estimate of drug-likeness (QED) is 0.729. The number of hydrogen-bond acceptors (Lipinski definition) is 4. The van der Waals surface area contributed by atoms with Gasteiger partial charge >= 0.3 is 0 Å². The second-order valence-corrected chi connectivity index (χ2v) is 5.22. The second kappa shape index (κ2) is 5.71. The van der Waals surface area contributed by atoms with Crippen LogP contribution in [-0.2, 0) is 17.7 Å². The minimum atomic E-state index is -0.0623. The van der Waals surface area contributed by atoms with E-state index in [1.807, 2.05) is 0 Å². The normalized spacial score (nSPS) is 20.0. The van der Waals surface area contributed by atoms with Gasteiger partial charge in [-0.25, -0.2) is 0 Å². The molecule has 2 aliphatic heterocycles. The van der Waals surface area contributed by atoms with Gasteiger partial charge in [-0.1, -0.05) is 0 Å². The lowest BCUT2D eigenvalue weighted by Crippen LogP contribution is -2.33. The molecular formula is C13H20N4O2. The Bertz CT molecular complexity index is 451. The molecule has 1 amide bonds.